The summed E-state index contributed by atoms with van der Waals surface area (Å²) in [7, 11) is 0. The Labute approximate surface area is 423 Å². The minimum atomic E-state index is -2.32. The van der Waals surface area contributed by atoms with Crippen LogP contribution in [0.4, 0.5) is 0 Å². The maximum atomic E-state index is 12.1. The van der Waals surface area contributed by atoms with Gasteiger partial charge >= 0.3 is 5.97 Å². The number of aliphatic hydroxyl groups is 19. The van der Waals surface area contributed by atoms with Crippen LogP contribution in [0.1, 0.15) is 6.92 Å². The van der Waals surface area contributed by atoms with Crippen molar-refractivity contribution in [1.82, 2.24) is 0 Å². The second kappa shape index (κ2) is 26.2. The fraction of sp³-hybridized carbons (Fsp3) is 0.976. The van der Waals surface area contributed by atoms with Crippen LogP contribution in [0, 0.1) is 0 Å². The molecular formula is C41H68O34. The van der Waals surface area contributed by atoms with E-state index in [0.29, 0.717) is 0 Å². The molecule has 22 aliphatic rings. The average molecular weight is 1100 g/mol. The summed E-state index contributed by atoms with van der Waals surface area (Å²) in [6.07, 6.45) is -65.5. The summed E-state index contributed by atoms with van der Waals surface area (Å²) >= 11 is 0. The average Bonchev–Trinajstić information content (AvgIpc) is 3.39. The highest BCUT2D eigenvalue weighted by atomic mass is 16.8. The molecule has 0 amide bonds. The fourth-order valence-corrected chi connectivity index (χ4v) is 9.67. The molecule has 22 aliphatic heterocycles. The van der Waals surface area contributed by atoms with Crippen LogP contribution in [0.2, 0.25) is 0 Å². The van der Waals surface area contributed by atoms with Gasteiger partial charge in [0.15, 0.2) is 37.7 Å². The number of carbonyl (C=O) groups is 1. The Morgan fingerprint density at radius 1 is 0.360 bits per heavy atom. The molecule has 19 N–H and O–H groups in total. The Bertz CT molecular complexity index is 1760. The normalized spacial score (nSPS) is 50.9. The summed E-state index contributed by atoms with van der Waals surface area (Å²) in [5.41, 5.74) is 0. The van der Waals surface area contributed by atoms with Gasteiger partial charge in [0, 0.05) is 6.92 Å². The van der Waals surface area contributed by atoms with E-state index in [0.717, 1.165) is 6.92 Å². The first-order valence-electron chi connectivity index (χ1n) is 23.8. The summed E-state index contributed by atoms with van der Waals surface area (Å²) < 4.78 is 79.6. The lowest BCUT2D eigenvalue weighted by atomic mass is 9.94. The number of rotatable bonds is 11. The zero-order chi connectivity index (χ0) is 54.9. The number of carbonyl (C=O) groups excluding carboxylic acids is 1. The molecule has 32 atom stereocenters. The molecule has 2 unspecified atom stereocenters. The predicted molar refractivity (Wildman–Crippen MR) is 223 cm³/mol. The molecule has 75 heavy (non-hydrogen) atoms. The van der Waals surface area contributed by atoms with Crippen LogP contribution in [0.5, 0.6) is 0 Å². The maximum absolute atomic E-state index is 12.1. The molecule has 34 heteroatoms. The van der Waals surface area contributed by atoms with Crippen molar-refractivity contribution in [2.24, 2.45) is 0 Å². The Balaban J connectivity index is 1.25. The Hall–Kier alpha value is -1.81. The molecule has 0 spiro atoms. The zero-order valence-corrected chi connectivity index (χ0v) is 39.5. The van der Waals surface area contributed by atoms with Gasteiger partial charge in [0.1, 0.15) is 153 Å². The molecule has 0 aromatic rings. The van der Waals surface area contributed by atoms with Crippen molar-refractivity contribution in [3.05, 3.63) is 0 Å². The van der Waals surface area contributed by atoms with Crippen LogP contribution in [-0.2, 0) is 71.1 Å². The van der Waals surface area contributed by atoms with E-state index in [1.807, 2.05) is 0 Å². The molecule has 0 aliphatic carbocycles. The molecule has 0 aromatic heterocycles. The molecule has 12 bridgehead atoms. The van der Waals surface area contributed by atoms with Crippen LogP contribution in [0.25, 0.3) is 0 Å². The monoisotopic (exact) mass is 1100 g/mol. The third-order valence-electron chi connectivity index (χ3n) is 13.7. The predicted octanol–water partition coefficient (Wildman–Crippen LogP) is -13.8. The summed E-state index contributed by atoms with van der Waals surface area (Å²) in [6.45, 7) is -6.70. The van der Waals surface area contributed by atoms with E-state index in [1.165, 1.54) is 0 Å². The van der Waals surface area contributed by atoms with E-state index in [9.17, 15) is 102 Å². The Kier molecular flexibility index (Phi) is 21.2. The van der Waals surface area contributed by atoms with Crippen molar-refractivity contribution >= 4 is 5.97 Å². The van der Waals surface area contributed by atoms with Gasteiger partial charge in [-0.25, -0.2) is 0 Å². The second-order valence-corrected chi connectivity index (χ2v) is 18.7. The molecular weight excluding hydrogens is 1040 g/mol. The molecule has 22 fully saturated rings. The Morgan fingerprint density at radius 2 is 0.587 bits per heavy atom. The summed E-state index contributed by atoms with van der Waals surface area (Å²) in [6, 6.07) is 0. The van der Waals surface area contributed by atoms with Gasteiger partial charge in [0.05, 0.1) is 46.2 Å². The third kappa shape index (κ3) is 12.6. The largest absolute Gasteiger partial charge is 0.433 e. The second-order valence-electron chi connectivity index (χ2n) is 18.7. The number of hydrogen-bond donors (Lipinski definition) is 19. The standard InChI is InChI=1S/C41H68O34/c1-9(49)62-35(10(50)2-42)75-34-27(61)41-68-16(8-48)33(34)74-40-26(60)21(55)31(14(6-46)67-40)72-38-24(58)19(53)29(12(4-44)65-38)70-36-22(56)17(51)28(11(3-43)63-36)69-37-23(57)18(52)30(13(5-45)64-37)71-39-25(59)20(54)32(73-41)15(7-47)66-39/h10-48,50-61H,2-8H2,1H3/t10?,11-,12-,13-,14-,15-,16-,17-,18-,19-,20-,21-,22-,23-,24-,25-,26-,27-,28-,29-,30-,31-,32-,33+,34-,35?,36-,37-,38-,39-,40-,41-/m1/s1. The highest BCUT2D eigenvalue weighted by molar-refractivity contribution is 5.66. The first-order valence-corrected chi connectivity index (χ1v) is 23.8. The van der Waals surface area contributed by atoms with Crippen LogP contribution >= 0.6 is 0 Å². The van der Waals surface area contributed by atoms with E-state index in [2.05, 4.69) is 0 Å². The van der Waals surface area contributed by atoms with E-state index in [-0.39, 0.29) is 0 Å². The van der Waals surface area contributed by atoms with Gasteiger partial charge in [0.25, 0.3) is 0 Å². The van der Waals surface area contributed by atoms with Crippen LogP contribution in [-0.4, -0.2) is 346 Å². The first kappa shape index (κ1) is 60.8. The highest BCUT2D eigenvalue weighted by Gasteiger charge is 2.59. The topological polar surface area (TPSA) is 531 Å². The smallest absolute Gasteiger partial charge is 0.305 e. The quantitative estimate of drug-likeness (QED) is 0.0675. The lowest BCUT2D eigenvalue weighted by Crippen LogP contribution is -2.69. The fourth-order valence-electron chi connectivity index (χ4n) is 9.67. The van der Waals surface area contributed by atoms with Crippen molar-refractivity contribution in [3.63, 3.8) is 0 Å². The third-order valence-corrected chi connectivity index (χ3v) is 13.7. The van der Waals surface area contributed by atoms with E-state index in [1.54, 1.807) is 0 Å². The Morgan fingerprint density at radius 3 is 0.813 bits per heavy atom. The maximum Gasteiger partial charge on any atom is 0.305 e. The lowest BCUT2D eigenvalue weighted by Gasteiger charge is -2.51. The number of esters is 1. The molecule has 22 saturated heterocycles. The zero-order valence-electron chi connectivity index (χ0n) is 39.5. The lowest BCUT2D eigenvalue weighted by molar-refractivity contribution is -0.408. The van der Waals surface area contributed by atoms with E-state index < -0.39 is 249 Å². The minimum Gasteiger partial charge on any atom is -0.433 e. The van der Waals surface area contributed by atoms with Gasteiger partial charge in [0.2, 0.25) is 6.29 Å². The molecule has 436 valence electrons. The SMILES string of the molecule is CC(=O)OC(O[C@@H]1[C@@H](O)[C@H]2O[C@H]3[C@H](O)[C@@H](O)[C@@H](O[C@H]4[C@H](O)[C@@H](O)[C@@H](O[C@H]5[C@H](O)[C@@H](O)[C@@H](O[C@H]6[C@H](O)[C@@H](O)[C@@H](O[C@H]7[C@H](O)[C@@H](O)[C@@H](O[C@H]1[C@@H](CO)O2)O[C@@H]7CO)O[C@@H]6CO)O[C@@H]5CO)O[C@@H]4CO)O[C@@H]3CO)C(O)CO. The van der Waals surface area contributed by atoms with Crippen molar-refractivity contribution in [3.8, 4) is 0 Å². The van der Waals surface area contributed by atoms with Crippen molar-refractivity contribution in [1.29, 1.82) is 0 Å². The molecule has 0 aromatic carbocycles. The number of hydrogen-bond acceptors (Lipinski definition) is 34. The molecule has 0 saturated carbocycles. The molecule has 22 heterocycles. The van der Waals surface area contributed by atoms with Gasteiger partial charge < -0.3 is 163 Å². The van der Waals surface area contributed by atoms with Crippen LogP contribution in [0.15, 0.2) is 0 Å². The van der Waals surface area contributed by atoms with Gasteiger partial charge in [-0.15, -0.1) is 0 Å². The van der Waals surface area contributed by atoms with Gasteiger partial charge in [-0.3, -0.25) is 4.79 Å². The van der Waals surface area contributed by atoms with Crippen molar-refractivity contribution in [2.75, 3.05) is 46.2 Å². The summed E-state index contributed by atoms with van der Waals surface area (Å²) in [5, 5.41) is 208. The van der Waals surface area contributed by atoms with E-state index in [4.69, 9.17) is 66.3 Å². The number of ether oxygens (including phenoxy) is 14. The van der Waals surface area contributed by atoms with Gasteiger partial charge in [-0.05, 0) is 0 Å². The van der Waals surface area contributed by atoms with Crippen molar-refractivity contribution in [2.45, 2.75) is 204 Å². The molecule has 34 nitrogen and oxygen atoms in total. The first-order chi connectivity index (χ1) is 35.7. The van der Waals surface area contributed by atoms with Crippen LogP contribution in [0.3, 0.4) is 0 Å². The highest BCUT2D eigenvalue weighted by Crippen LogP contribution is 2.39. The van der Waals surface area contributed by atoms with E-state index >= 15 is 0 Å². The molecule has 0 radical (unpaired) electrons. The van der Waals surface area contributed by atoms with Gasteiger partial charge in [-0.1, -0.05) is 0 Å². The number of aliphatic hydroxyl groups excluding tert-OH is 19. The molecule has 22 rings (SSSR count). The van der Waals surface area contributed by atoms with Gasteiger partial charge in [-0.2, -0.15) is 0 Å². The van der Waals surface area contributed by atoms with Crippen LogP contribution < -0.4 is 0 Å². The minimum absolute atomic E-state index is 0.872. The summed E-state index contributed by atoms with van der Waals surface area (Å²) in [4.78, 5) is 12.1. The van der Waals surface area contributed by atoms with Crippen molar-refractivity contribution < 1.29 is 168 Å². The summed E-state index contributed by atoms with van der Waals surface area (Å²) in [5.74, 6) is -1.11.